The fourth-order valence-corrected chi connectivity index (χ4v) is 1.30. The van der Waals surface area contributed by atoms with Crippen molar-refractivity contribution >= 4 is 5.91 Å². The lowest BCUT2D eigenvalue weighted by atomic mass is 10.1. The summed E-state index contributed by atoms with van der Waals surface area (Å²) in [4.78, 5) is 11.3. The molecule has 0 spiro atoms. The molecule has 1 rings (SSSR count). The number of rotatable bonds is 7. The Morgan fingerprint density at radius 2 is 2.13 bits per heavy atom. The Hall–Kier alpha value is -0.610. The molecule has 1 saturated carbocycles. The molecule has 4 heteroatoms. The molecule has 0 bridgehead atoms. The van der Waals surface area contributed by atoms with E-state index in [4.69, 9.17) is 5.11 Å². The Labute approximate surface area is 91.4 Å². The van der Waals surface area contributed by atoms with Gasteiger partial charge in [0, 0.05) is 31.7 Å². The molecular weight excluding hydrogens is 192 g/mol. The average Bonchev–Trinajstić information content (AvgIpc) is 3.00. The van der Waals surface area contributed by atoms with Crippen LogP contribution in [0.1, 0.15) is 33.1 Å². The summed E-state index contributed by atoms with van der Waals surface area (Å²) in [6, 6.07) is 0.704. The van der Waals surface area contributed by atoms with Crippen molar-refractivity contribution in [3.05, 3.63) is 0 Å². The minimum absolute atomic E-state index is 0.133. The highest BCUT2D eigenvalue weighted by Crippen LogP contribution is 2.18. The van der Waals surface area contributed by atoms with Gasteiger partial charge in [0.1, 0.15) is 0 Å². The Morgan fingerprint density at radius 1 is 1.47 bits per heavy atom. The molecule has 4 nitrogen and oxygen atoms in total. The van der Waals surface area contributed by atoms with Crippen molar-refractivity contribution in [2.24, 2.45) is 5.92 Å². The highest BCUT2D eigenvalue weighted by molar-refractivity contribution is 5.76. The second-order valence-corrected chi connectivity index (χ2v) is 4.49. The Balaban J connectivity index is 2.01. The summed E-state index contributed by atoms with van der Waals surface area (Å²) in [6.07, 6.45) is 2.80. The Bertz CT molecular complexity index is 205. The van der Waals surface area contributed by atoms with Crippen LogP contribution in [-0.2, 0) is 4.79 Å². The third-order valence-corrected chi connectivity index (χ3v) is 2.90. The maximum absolute atomic E-state index is 11.3. The van der Waals surface area contributed by atoms with Crippen molar-refractivity contribution in [3.8, 4) is 0 Å². The number of aliphatic hydroxyl groups is 1. The summed E-state index contributed by atoms with van der Waals surface area (Å²) in [5, 5.41) is 15.1. The topological polar surface area (TPSA) is 61.4 Å². The van der Waals surface area contributed by atoms with E-state index in [9.17, 15) is 4.79 Å². The van der Waals surface area contributed by atoms with Crippen LogP contribution in [0.25, 0.3) is 0 Å². The molecule has 2 unspecified atom stereocenters. The van der Waals surface area contributed by atoms with Crippen molar-refractivity contribution in [1.29, 1.82) is 0 Å². The molecular formula is C11H22N2O2. The first-order chi connectivity index (χ1) is 7.13. The van der Waals surface area contributed by atoms with E-state index in [-0.39, 0.29) is 24.5 Å². The molecule has 2 atom stereocenters. The van der Waals surface area contributed by atoms with Crippen LogP contribution in [0, 0.1) is 5.92 Å². The first kappa shape index (κ1) is 12.5. The SMILES string of the molecule is CC(CO)C(C)NCCC(=O)NC1CC1. The molecule has 0 heterocycles. The largest absolute Gasteiger partial charge is 0.396 e. The standard InChI is InChI=1S/C11H22N2O2/c1-8(7-14)9(2)12-6-5-11(15)13-10-3-4-10/h8-10,12,14H,3-7H2,1-2H3,(H,13,15). The fourth-order valence-electron chi connectivity index (χ4n) is 1.30. The van der Waals surface area contributed by atoms with Crippen molar-refractivity contribution in [1.82, 2.24) is 10.6 Å². The van der Waals surface area contributed by atoms with E-state index >= 15 is 0 Å². The van der Waals surface area contributed by atoms with E-state index in [0.29, 0.717) is 19.0 Å². The molecule has 0 aromatic rings. The van der Waals surface area contributed by atoms with Crippen LogP contribution in [0.2, 0.25) is 0 Å². The zero-order valence-electron chi connectivity index (χ0n) is 9.62. The Morgan fingerprint density at radius 3 is 2.67 bits per heavy atom. The van der Waals surface area contributed by atoms with Crippen molar-refractivity contribution in [2.75, 3.05) is 13.2 Å². The summed E-state index contributed by atoms with van der Waals surface area (Å²) in [5.74, 6) is 0.366. The van der Waals surface area contributed by atoms with Crippen LogP contribution in [0.5, 0.6) is 0 Å². The number of hydrogen-bond donors (Lipinski definition) is 3. The summed E-state index contributed by atoms with van der Waals surface area (Å²) in [7, 11) is 0. The number of nitrogens with one attached hydrogen (secondary N) is 2. The maximum Gasteiger partial charge on any atom is 0.221 e. The molecule has 0 saturated heterocycles. The summed E-state index contributed by atoms with van der Waals surface area (Å²) in [5.41, 5.74) is 0. The third-order valence-electron chi connectivity index (χ3n) is 2.90. The van der Waals surface area contributed by atoms with Crippen LogP contribution in [0.4, 0.5) is 0 Å². The van der Waals surface area contributed by atoms with Gasteiger partial charge in [-0.2, -0.15) is 0 Å². The molecule has 1 fully saturated rings. The predicted octanol–water partition coefficient (Wildman–Crippen LogP) is 0.262. The van der Waals surface area contributed by atoms with Crippen molar-refractivity contribution in [3.63, 3.8) is 0 Å². The summed E-state index contributed by atoms with van der Waals surface area (Å²) >= 11 is 0. The van der Waals surface area contributed by atoms with Gasteiger partial charge in [0.15, 0.2) is 0 Å². The van der Waals surface area contributed by atoms with E-state index in [1.807, 2.05) is 13.8 Å². The van der Waals surface area contributed by atoms with Gasteiger partial charge in [0.2, 0.25) is 5.91 Å². The van der Waals surface area contributed by atoms with Gasteiger partial charge in [-0.05, 0) is 25.7 Å². The highest BCUT2D eigenvalue weighted by Gasteiger charge is 2.22. The van der Waals surface area contributed by atoms with E-state index in [2.05, 4.69) is 10.6 Å². The minimum atomic E-state index is 0.133. The molecule has 0 radical (unpaired) electrons. The fraction of sp³-hybridized carbons (Fsp3) is 0.909. The number of aliphatic hydroxyl groups excluding tert-OH is 1. The monoisotopic (exact) mass is 214 g/mol. The molecule has 1 amide bonds. The Kier molecular flexibility index (Phi) is 5.05. The number of hydrogen-bond acceptors (Lipinski definition) is 3. The zero-order valence-corrected chi connectivity index (χ0v) is 9.62. The van der Waals surface area contributed by atoms with Crippen molar-refractivity contribution < 1.29 is 9.90 Å². The molecule has 88 valence electrons. The number of carbonyl (C=O) groups is 1. The van der Waals surface area contributed by atoms with Crippen molar-refractivity contribution in [2.45, 2.75) is 45.2 Å². The van der Waals surface area contributed by atoms with E-state index in [1.165, 1.54) is 0 Å². The summed E-state index contributed by atoms with van der Waals surface area (Å²) in [6.45, 7) is 4.88. The minimum Gasteiger partial charge on any atom is -0.396 e. The molecule has 1 aliphatic carbocycles. The van der Waals surface area contributed by atoms with Gasteiger partial charge in [-0.3, -0.25) is 4.79 Å². The summed E-state index contributed by atoms with van der Waals surface area (Å²) < 4.78 is 0. The molecule has 0 aromatic carbocycles. The second kappa shape index (κ2) is 6.08. The lowest BCUT2D eigenvalue weighted by Crippen LogP contribution is -2.37. The van der Waals surface area contributed by atoms with Gasteiger partial charge in [0.05, 0.1) is 0 Å². The zero-order chi connectivity index (χ0) is 11.3. The lowest BCUT2D eigenvalue weighted by Gasteiger charge is -2.18. The van der Waals surface area contributed by atoms with E-state index < -0.39 is 0 Å². The molecule has 3 N–H and O–H groups in total. The van der Waals surface area contributed by atoms with Gasteiger partial charge < -0.3 is 15.7 Å². The molecule has 0 aliphatic heterocycles. The second-order valence-electron chi connectivity index (χ2n) is 4.49. The van der Waals surface area contributed by atoms with Crippen LogP contribution >= 0.6 is 0 Å². The van der Waals surface area contributed by atoms with E-state index in [0.717, 1.165) is 12.8 Å². The third kappa shape index (κ3) is 5.14. The van der Waals surface area contributed by atoms with Crippen LogP contribution in [-0.4, -0.2) is 36.2 Å². The van der Waals surface area contributed by atoms with Gasteiger partial charge in [-0.25, -0.2) is 0 Å². The number of amides is 1. The van der Waals surface area contributed by atoms with Gasteiger partial charge in [0.25, 0.3) is 0 Å². The van der Waals surface area contributed by atoms with Gasteiger partial charge >= 0.3 is 0 Å². The average molecular weight is 214 g/mol. The molecule has 0 aromatic heterocycles. The quantitative estimate of drug-likeness (QED) is 0.570. The number of carbonyl (C=O) groups excluding carboxylic acids is 1. The molecule has 1 aliphatic rings. The lowest BCUT2D eigenvalue weighted by molar-refractivity contribution is -0.121. The van der Waals surface area contributed by atoms with Gasteiger partial charge in [-0.15, -0.1) is 0 Å². The van der Waals surface area contributed by atoms with Crippen LogP contribution in [0.3, 0.4) is 0 Å². The predicted molar refractivity (Wildman–Crippen MR) is 59.5 cm³/mol. The molecule has 15 heavy (non-hydrogen) atoms. The van der Waals surface area contributed by atoms with Crippen LogP contribution in [0.15, 0.2) is 0 Å². The smallest absolute Gasteiger partial charge is 0.221 e. The van der Waals surface area contributed by atoms with Crippen LogP contribution < -0.4 is 10.6 Å². The van der Waals surface area contributed by atoms with E-state index in [1.54, 1.807) is 0 Å². The first-order valence-corrected chi connectivity index (χ1v) is 5.77. The van der Waals surface area contributed by atoms with Gasteiger partial charge in [-0.1, -0.05) is 6.92 Å². The first-order valence-electron chi connectivity index (χ1n) is 5.77. The maximum atomic E-state index is 11.3. The highest BCUT2D eigenvalue weighted by atomic mass is 16.3. The normalized spacial score (nSPS) is 19.7.